The van der Waals surface area contributed by atoms with Crippen LogP contribution in [0.3, 0.4) is 0 Å². The maximum absolute atomic E-state index is 13.7. The maximum atomic E-state index is 13.7. The Morgan fingerprint density at radius 2 is 1.86 bits per heavy atom. The summed E-state index contributed by atoms with van der Waals surface area (Å²) in [7, 11) is -3.18. The van der Waals surface area contributed by atoms with Crippen molar-refractivity contribution in [2.45, 2.75) is 12.6 Å². The van der Waals surface area contributed by atoms with Crippen LogP contribution in [0.1, 0.15) is 17.2 Å². The lowest BCUT2D eigenvalue weighted by atomic mass is 10.1. The van der Waals surface area contributed by atoms with Crippen molar-refractivity contribution in [3.8, 4) is 0 Å². The number of rotatable bonds is 6. The van der Waals surface area contributed by atoms with E-state index in [1.54, 1.807) is 0 Å². The minimum atomic E-state index is -3.18. The van der Waals surface area contributed by atoms with Crippen molar-refractivity contribution in [2.75, 3.05) is 12.0 Å². The minimum absolute atomic E-state index is 0.0564. The number of hydrogen-bond acceptors (Lipinski definition) is 3. The zero-order chi connectivity index (χ0) is 16.2. The number of sulfone groups is 1. The van der Waals surface area contributed by atoms with Crippen molar-refractivity contribution in [1.82, 2.24) is 5.32 Å². The van der Waals surface area contributed by atoms with E-state index in [1.807, 2.05) is 30.3 Å². The standard InChI is InChI=1S/C16H17ClFNO2S/c1-22(20,21)11-16(12-5-3-2-4-6-12)19-10-13-9-14(17)7-8-15(13)18/h2-9,16,19H,10-11H2,1H3/t16-/m0/s1. The molecular formula is C16H17ClFNO2S. The molecule has 0 radical (unpaired) electrons. The van der Waals surface area contributed by atoms with E-state index in [-0.39, 0.29) is 18.1 Å². The average Bonchev–Trinajstić information content (AvgIpc) is 2.46. The lowest BCUT2D eigenvalue weighted by molar-refractivity contribution is 0.534. The summed E-state index contributed by atoms with van der Waals surface area (Å²) in [4.78, 5) is 0. The molecule has 0 aliphatic carbocycles. The molecule has 0 amide bonds. The number of nitrogens with one attached hydrogen (secondary N) is 1. The summed E-state index contributed by atoms with van der Waals surface area (Å²) in [6.45, 7) is 0.196. The van der Waals surface area contributed by atoms with Crippen LogP contribution < -0.4 is 5.32 Å². The van der Waals surface area contributed by atoms with Crippen molar-refractivity contribution in [1.29, 1.82) is 0 Å². The first-order valence-corrected chi connectivity index (χ1v) is 9.19. The molecule has 0 bridgehead atoms. The fourth-order valence-corrected chi connectivity index (χ4v) is 3.28. The van der Waals surface area contributed by atoms with E-state index in [2.05, 4.69) is 5.32 Å². The molecule has 6 heteroatoms. The molecule has 2 aromatic rings. The molecule has 2 aromatic carbocycles. The summed E-state index contributed by atoms with van der Waals surface area (Å²) in [6.07, 6.45) is 1.19. The SMILES string of the molecule is CS(=O)(=O)C[C@H](NCc1cc(Cl)ccc1F)c1ccccc1. The van der Waals surface area contributed by atoms with Crippen LogP contribution in [-0.4, -0.2) is 20.4 Å². The lowest BCUT2D eigenvalue weighted by Crippen LogP contribution is -2.27. The molecule has 0 saturated heterocycles. The van der Waals surface area contributed by atoms with Crippen molar-refractivity contribution in [3.05, 3.63) is 70.5 Å². The summed E-state index contributed by atoms with van der Waals surface area (Å²) in [5.74, 6) is -0.429. The second kappa shape index (κ2) is 7.22. The van der Waals surface area contributed by atoms with Crippen LogP contribution in [0.4, 0.5) is 4.39 Å². The van der Waals surface area contributed by atoms with E-state index < -0.39 is 15.9 Å². The highest BCUT2D eigenvalue weighted by Crippen LogP contribution is 2.18. The van der Waals surface area contributed by atoms with E-state index in [4.69, 9.17) is 11.6 Å². The average molecular weight is 342 g/mol. The third-order valence-corrected chi connectivity index (χ3v) is 4.39. The van der Waals surface area contributed by atoms with Crippen molar-refractivity contribution < 1.29 is 12.8 Å². The number of halogens is 2. The molecule has 3 nitrogen and oxygen atoms in total. The fraction of sp³-hybridized carbons (Fsp3) is 0.250. The Hall–Kier alpha value is -1.43. The molecule has 0 heterocycles. The highest BCUT2D eigenvalue weighted by molar-refractivity contribution is 7.90. The van der Waals surface area contributed by atoms with Gasteiger partial charge in [0.15, 0.2) is 0 Å². The molecule has 118 valence electrons. The summed E-state index contributed by atoms with van der Waals surface area (Å²) < 4.78 is 37.0. The second-order valence-electron chi connectivity index (χ2n) is 5.17. The fourth-order valence-electron chi connectivity index (χ4n) is 2.17. The van der Waals surface area contributed by atoms with Crippen LogP contribution in [0.25, 0.3) is 0 Å². The van der Waals surface area contributed by atoms with Crippen molar-refractivity contribution in [2.24, 2.45) is 0 Å². The molecule has 0 aliphatic heterocycles. The van der Waals surface area contributed by atoms with Crippen LogP contribution in [-0.2, 0) is 16.4 Å². The third kappa shape index (κ3) is 5.09. The molecule has 0 fully saturated rings. The van der Waals surface area contributed by atoms with Gasteiger partial charge in [0.2, 0.25) is 0 Å². The summed E-state index contributed by atoms with van der Waals surface area (Å²) in [5.41, 5.74) is 1.25. The van der Waals surface area contributed by atoms with Gasteiger partial charge >= 0.3 is 0 Å². The first kappa shape index (κ1) is 16.9. The molecule has 22 heavy (non-hydrogen) atoms. The quantitative estimate of drug-likeness (QED) is 0.876. The van der Waals surface area contributed by atoms with Crippen LogP contribution >= 0.6 is 11.6 Å². The number of benzene rings is 2. The Morgan fingerprint density at radius 3 is 2.50 bits per heavy atom. The maximum Gasteiger partial charge on any atom is 0.149 e. The van der Waals surface area contributed by atoms with Crippen LogP contribution in [0.2, 0.25) is 5.02 Å². The van der Waals surface area contributed by atoms with Gasteiger partial charge in [0.25, 0.3) is 0 Å². The van der Waals surface area contributed by atoms with Gasteiger partial charge in [-0.05, 0) is 23.8 Å². The van der Waals surface area contributed by atoms with E-state index in [9.17, 15) is 12.8 Å². The second-order valence-corrected chi connectivity index (χ2v) is 7.79. The molecule has 0 aliphatic rings. The summed E-state index contributed by atoms with van der Waals surface area (Å²) >= 11 is 5.87. The Bertz CT molecular complexity index is 735. The molecule has 0 unspecified atom stereocenters. The molecule has 1 N–H and O–H groups in total. The Morgan fingerprint density at radius 1 is 1.18 bits per heavy atom. The Balaban J connectivity index is 2.18. The van der Waals surface area contributed by atoms with Gasteiger partial charge in [0.05, 0.1) is 5.75 Å². The van der Waals surface area contributed by atoms with Gasteiger partial charge in [-0.25, -0.2) is 12.8 Å². The van der Waals surface area contributed by atoms with Gasteiger partial charge in [0, 0.05) is 29.4 Å². The first-order chi connectivity index (χ1) is 10.3. The predicted molar refractivity (Wildman–Crippen MR) is 87.1 cm³/mol. The normalized spacial score (nSPS) is 13.0. The van der Waals surface area contributed by atoms with Crippen LogP contribution in [0.15, 0.2) is 48.5 Å². The van der Waals surface area contributed by atoms with Gasteiger partial charge in [-0.2, -0.15) is 0 Å². The van der Waals surface area contributed by atoms with Crippen molar-refractivity contribution >= 4 is 21.4 Å². The van der Waals surface area contributed by atoms with Crippen LogP contribution in [0.5, 0.6) is 0 Å². The zero-order valence-corrected chi connectivity index (χ0v) is 13.7. The highest BCUT2D eigenvalue weighted by atomic mass is 35.5. The smallest absolute Gasteiger partial charge is 0.149 e. The van der Waals surface area contributed by atoms with E-state index >= 15 is 0 Å². The van der Waals surface area contributed by atoms with Crippen molar-refractivity contribution in [3.63, 3.8) is 0 Å². The first-order valence-electron chi connectivity index (χ1n) is 6.75. The van der Waals surface area contributed by atoms with Gasteiger partial charge in [-0.3, -0.25) is 0 Å². The topological polar surface area (TPSA) is 46.2 Å². The van der Waals surface area contributed by atoms with Gasteiger partial charge in [-0.15, -0.1) is 0 Å². The molecular weight excluding hydrogens is 325 g/mol. The predicted octanol–water partition coefficient (Wildman–Crippen LogP) is 3.35. The Labute approximate surface area is 135 Å². The van der Waals surface area contributed by atoms with E-state index in [0.29, 0.717) is 10.6 Å². The van der Waals surface area contributed by atoms with E-state index in [1.165, 1.54) is 24.5 Å². The molecule has 0 aromatic heterocycles. The zero-order valence-electron chi connectivity index (χ0n) is 12.1. The molecule has 0 saturated carbocycles. The van der Waals surface area contributed by atoms with Gasteiger partial charge < -0.3 is 5.32 Å². The summed E-state index contributed by atoms with van der Waals surface area (Å²) in [6, 6.07) is 13.1. The monoisotopic (exact) mass is 341 g/mol. The lowest BCUT2D eigenvalue weighted by Gasteiger charge is -2.19. The summed E-state index contributed by atoms with van der Waals surface area (Å²) in [5, 5.41) is 3.54. The van der Waals surface area contributed by atoms with Gasteiger partial charge in [-0.1, -0.05) is 41.9 Å². The highest BCUT2D eigenvalue weighted by Gasteiger charge is 2.17. The minimum Gasteiger partial charge on any atom is -0.305 e. The van der Waals surface area contributed by atoms with E-state index in [0.717, 1.165) is 5.56 Å². The Kier molecular flexibility index (Phi) is 5.56. The van der Waals surface area contributed by atoms with Crippen LogP contribution in [0, 0.1) is 5.82 Å². The molecule has 1 atom stereocenters. The number of hydrogen-bond donors (Lipinski definition) is 1. The van der Waals surface area contributed by atoms with Gasteiger partial charge in [0.1, 0.15) is 15.7 Å². The largest absolute Gasteiger partial charge is 0.305 e. The third-order valence-electron chi connectivity index (χ3n) is 3.22. The molecule has 0 spiro atoms. The molecule has 2 rings (SSSR count).